The van der Waals surface area contributed by atoms with Crippen molar-refractivity contribution < 1.29 is 9.59 Å². The first-order valence-electron chi connectivity index (χ1n) is 10.3. The van der Waals surface area contributed by atoms with Crippen LogP contribution >= 0.6 is 0 Å². The number of primary amides is 1. The van der Waals surface area contributed by atoms with Crippen LogP contribution in [-0.4, -0.2) is 41.4 Å². The third-order valence-corrected chi connectivity index (χ3v) is 6.11. The zero-order valence-corrected chi connectivity index (χ0v) is 16.3. The lowest BCUT2D eigenvalue weighted by Gasteiger charge is -2.39. The molecule has 0 spiro atoms. The van der Waals surface area contributed by atoms with Crippen LogP contribution in [0, 0.1) is 11.8 Å². The Kier molecular flexibility index (Phi) is 7.73. The van der Waals surface area contributed by atoms with Crippen LogP contribution in [0.1, 0.15) is 78.6 Å². The van der Waals surface area contributed by atoms with Gasteiger partial charge in [0.25, 0.3) is 0 Å². The minimum Gasteiger partial charge on any atom is -0.368 e. The summed E-state index contributed by atoms with van der Waals surface area (Å²) in [5, 5.41) is 3.05. The molecule has 1 aliphatic carbocycles. The van der Waals surface area contributed by atoms with Crippen LogP contribution in [0.2, 0.25) is 0 Å². The summed E-state index contributed by atoms with van der Waals surface area (Å²) in [6.07, 6.45) is 9.86. The van der Waals surface area contributed by atoms with E-state index < -0.39 is 6.04 Å². The molecule has 0 aromatic rings. The third-order valence-electron chi connectivity index (χ3n) is 6.11. The van der Waals surface area contributed by atoms with Crippen molar-refractivity contribution in [3.05, 3.63) is 0 Å². The van der Waals surface area contributed by atoms with Gasteiger partial charge in [0.15, 0.2) is 0 Å². The van der Waals surface area contributed by atoms with Gasteiger partial charge in [-0.25, -0.2) is 0 Å². The third kappa shape index (κ3) is 5.44. The Labute approximate surface area is 153 Å². The van der Waals surface area contributed by atoms with Crippen molar-refractivity contribution in [2.45, 2.75) is 96.7 Å². The van der Waals surface area contributed by atoms with E-state index in [0.29, 0.717) is 12.0 Å². The fraction of sp³-hybridized carbons (Fsp3) is 0.900. The van der Waals surface area contributed by atoms with Crippen molar-refractivity contribution in [1.29, 1.82) is 0 Å². The monoisotopic (exact) mass is 351 g/mol. The highest BCUT2D eigenvalue weighted by Crippen LogP contribution is 2.34. The Balaban J connectivity index is 2.02. The largest absolute Gasteiger partial charge is 0.368 e. The van der Waals surface area contributed by atoms with Gasteiger partial charge in [-0.3, -0.25) is 14.5 Å². The number of likely N-dealkylation sites (tertiary alicyclic amines) is 1. The van der Waals surface area contributed by atoms with Crippen LogP contribution in [-0.2, 0) is 9.59 Å². The smallest absolute Gasteiger partial charge is 0.240 e. The molecule has 0 aromatic heterocycles. The molecule has 2 aliphatic rings. The molecule has 0 bridgehead atoms. The molecule has 1 aliphatic heterocycles. The second-order valence-corrected chi connectivity index (χ2v) is 8.31. The van der Waals surface area contributed by atoms with Gasteiger partial charge in [-0.15, -0.1) is 0 Å². The molecule has 5 heteroatoms. The second-order valence-electron chi connectivity index (χ2n) is 8.31. The quantitative estimate of drug-likeness (QED) is 0.740. The normalized spacial score (nSPS) is 29.4. The lowest BCUT2D eigenvalue weighted by molar-refractivity contribution is -0.133. The Morgan fingerprint density at radius 3 is 2.56 bits per heavy atom. The molecule has 0 aromatic carbocycles. The summed E-state index contributed by atoms with van der Waals surface area (Å²) in [5.41, 5.74) is 5.69. The number of hydrogen-bond acceptors (Lipinski definition) is 3. The van der Waals surface area contributed by atoms with E-state index in [-0.39, 0.29) is 23.8 Å². The van der Waals surface area contributed by atoms with Crippen molar-refractivity contribution >= 4 is 11.8 Å². The summed E-state index contributed by atoms with van der Waals surface area (Å²) < 4.78 is 0. The summed E-state index contributed by atoms with van der Waals surface area (Å²) in [6.45, 7) is 7.43. The van der Waals surface area contributed by atoms with E-state index in [2.05, 4.69) is 31.0 Å². The predicted octanol–water partition coefficient (Wildman–Crippen LogP) is 2.83. The highest BCUT2D eigenvalue weighted by atomic mass is 16.2. The maximum Gasteiger partial charge on any atom is 0.240 e. The Morgan fingerprint density at radius 1 is 1.16 bits per heavy atom. The van der Waals surface area contributed by atoms with Gasteiger partial charge in [-0.2, -0.15) is 0 Å². The van der Waals surface area contributed by atoms with Gasteiger partial charge in [0.2, 0.25) is 11.8 Å². The predicted molar refractivity (Wildman–Crippen MR) is 101 cm³/mol. The molecule has 144 valence electrons. The summed E-state index contributed by atoms with van der Waals surface area (Å²) in [6, 6.07) is -0.291. The molecule has 1 saturated carbocycles. The topological polar surface area (TPSA) is 75.4 Å². The minimum atomic E-state index is -0.511. The zero-order valence-electron chi connectivity index (χ0n) is 16.3. The van der Waals surface area contributed by atoms with Crippen molar-refractivity contribution in [3.63, 3.8) is 0 Å². The molecule has 2 amide bonds. The van der Waals surface area contributed by atoms with Gasteiger partial charge in [-0.1, -0.05) is 39.0 Å². The number of nitrogens with two attached hydrogens (primary N) is 1. The minimum absolute atomic E-state index is 0.00480. The van der Waals surface area contributed by atoms with E-state index in [1.54, 1.807) is 0 Å². The second kappa shape index (κ2) is 9.56. The van der Waals surface area contributed by atoms with E-state index in [1.165, 1.54) is 19.3 Å². The first-order chi connectivity index (χ1) is 11.9. The summed E-state index contributed by atoms with van der Waals surface area (Å²) >= 11 is 0. The lowest BCUT2D eigenvalue weighted by atomic mass is 9.76. The fourth-order valence-electron chi connectivity index (χ4n) is 4.83. The number of carbonyl (C=O) groups is 2. The maximum absolute atomic E-state index is 12.9. The molecule has 25 heavy (non-hydrogen) atoms. The van der Waals surface area contributed by atoms with E-state index in [1.807, 2.05) is 0 Å². The van der Waals surface area contributed by atoms with E-state index in [9.17, 15) is 9.59 Å². The molecule has 5 nitrogen and oxygen atoms in total. The number of piperidine rings is 1. The number of carbonyl (C=O) groups excluding carboxylic acids is 2. The Morgan fingerprint density at radius 2 is 1.92 bits per heavy atom. The average Bonchev–Trinajstić information content (AvgIpc) is 2.59. The van der Waals surface area contributed by atoms with Crippen molar-refractivity contribution in [3.8, 4) is 0 Å². The van der Waals surface area contributed by atoms with Gasteiger partial charge in [0.1, 0.15) is 6.04 Å². The van der Waals surface area contributed by atoms with Crippen LogP contribution in [0.15, 0.2) is 0 Å². The Hall–Kier alpha value is -1.10. The number of hydrogen-bond donors (Lipinski definition) is 2. The zero-order chi connectivity index (χ0) is 18.4. The number of amides is 2. The average molecular weight is 352 g/mol. The first-order valence-corrected chi connectivity index (χ1v) is 10.3. The molecular formula is C20H37N3O2. The van der Waals surface area contributed by atoms with E-state index in [4.69, 9.17) is 5.73 Å². The van der Waals surface area contributed by atoms with Gasteiger partial charge in [-0.05, 0) is 57.9 Å². The lowest BCUT2D eigenvalue weighted by Crippen LogP contribution is -2.57. The highest BCUT2D eigenvalue weighted by Gasteiger charge is 2.36. The van der Waals surface area contributed by atoms with Crippen LogP contribution < -0.4 is 11.1 Å². The van der Waals surface area contributed by atoms with Crippen molar-refractivity contribution in [2.75, 3.05) is 6.54 Å². The molecule has 2 fully saturated rings. The summed E-state index contributed by atoms with van der Waals surface area (Å²) in [7, 11) is 0. The SMILES string of the molecule is CCCC1CCCC(C(NC(=O)C2CCCCN2C(C)C)C(N)=O)C1. The van der Waals surface area contributed by atoms with Crippen LogP contribution in [0.3, 0.4) is 0 Å². The molecule has 3 N–H and O–H groups in total. The first kappa shape index (κ1) is 20.2. The van der Waals surface area contributed by atoms with Gasteiger partial charge in [0.05, 0.1) is 6.04 Å². The summed E-state index contributed by atoms with van der Waals surface area (Å²) in [5.74, 6) is 0.490. The van der Waals surface area contributed by atoms with Gasteiger partial charge >= 0.3 is 0 Å². The van der Waals surface area contributed by atoms with E-state index >= 15 is 0 Å². The molecule has 0 radical (unpaired) electrons. The standard InChI is InChI=1S/C20H37N3O2/c1-4-8-15-9-7-10-16(13-15)18(19(21)24)22-20(25)17-11-5-6-12-23(17)14(2)3/h14-18H,4-13H2,1-3H3,(H2,21,24)(H,22,25). The number of nitrogens with one attached hydrogen (secondary N) is 1. The fourth-order valence-corrected chi connectivity index (χ4v) is 4.83. The molecular weight excluding hydrogens is 314 g/mol. The van der Waals surface area contributed by atoms with Crippen molar-refractivity contribution in [1.82, 2.24) is 10.2 Å². The summed E-state index contributed by atoms with van der Waals surface area (Å²) in [4.78, 5) is 27.3. The van der Waals surface area contributed by atoms with Crippen LogP contribution in [0.4, 0.5) is 0 Å². The number of nitrogens with zero attached hydrogens (tertiary/aromatic N) is 1. The molecule has 4 unspecified atom stereocenters. The van der Waals surface area contributed by atoms with Gasteiger partial charge in [0, 0.05) is 6.04 Å². The molecule has 4 atom stereocenters. The van der Waals surface area contributed by atoms with E-state index in [0.717, 1.165) is 45.1 Å². The molecule has 2 rings (SSSR count). The number of rotatable bonds is 7. The molecule has 1 saturated heterocycles. The van der Waals surface area contributed by atoms with Gasteiger partial charge < -0.3 is 11.1 Å². The highest BCUT2D eigenvalue weighted by molar-refractivity contribution is 5.89. The van der Waals surface area contributed by atoms with Crippen LogP contribution in [0.25, 0.3) is 0 Å². The van der Waals surface area contributed by atoms with Crippen LogP contribution in [0.5, 0.6) is 0 Å². The maximum atomic E-state index is 12.9. The Bertz CT molecular complexity index is 450. The molecule has 1 heterocycles. The van der Waals surface area contributed by atoms with Crippen molar-refractivity contribution in [2.24, 2.45) is 17.6 Å².